The number of thiazole rings is 1. The van der Waals surface area contributed by atoms with Crippen LogP contribution < -0.4 is 16.0 Å². The number of hydrogen-bond donors (Lipinski definition) is 3. The van der Waals surface area contributed by atoms with Crippen LogP contribution in [0.25, 0.3) is 21.0 Å². The number of rotatable bonds is 10. The van der Waals surface area contributed by atoms with Gasteiger partial charge in [-0.2, -0.15) is 0 Å². The van der Waals surface area contributed by atoms with E-state index in [-0.39, 0.29) is 48.7 Å². The minimum atomic E-state index is -1.02. The number of halogens is 1. The largest absolute Gasteiger partial charge is 0.379 e. The second kappa shape index (κ2) is 14.2. The summed E-state index contributed by atoms with van der Waals surface area (Å²) in [7, 11) is 0. The van der Waals surface area contributed by atoms with E-state index >= 15 is 0 Å². The summed E-state index contributed by atoms with van der Waals surface area (Å²) in [6, 6.07) is 15.1. The fourth-order valence-corrected chi connectivity index (χ4v) is 7.58. The fourth-order valence-electron chi connectivity index (χ4n) is 6.65. The van der Waals surface area contributed by atoms with E-state index in [9.17, 15) is 18.8 Å². The van der Waals surface area contributed by atoms with E-state index < -0.39 is 12.2 Å². The van der Waals surface area contributed by atoms with Gasteiger partial charge in [-0.15, -0.1) is 11.3 Å². The van der Waals surface area contributed by atoms with Gasteiger partial charge in [0.05, 0.1) is 30.2 Å². The van der Waals surface area contributed by atoms with Gasteiger partial charge in [0.2, 0.25) is 11.8 Å². The Morgan fingerprint density at radius 2 is 1.74 bits per heavy atom. The number of amides is 3. The number of likely N-dealkylation sites (tertiary alicyclic amines) is 1. The Morgan fingerprint density at radius 1 is 1.00 bits per heavy atom. The Morgan fingerprint density at radius 3 is 2.45 bits per heavy atom. The zero-order valence-corrected chi connectivity index (χ0v) is 27.1. The van der Waals surface area contributed by atoms with Crippen molar-refractivity contribution < 1.29 is 23.5 Å². The molecule has 4 heterocycles. The molecule has 248 valence electrons. The van der Waals surface area contributed by atoms with E-state index in [0.717, 1.165) is 66.7 Å². The number of carbonyl (C=O) groups excluding carboxylic acids is 3. The second-order valence-corrected chi connectivity index (χ2v) is 14.1. The van der Waals surface area contributed by atoms with Crippen molar-refractivity contribution >= 4 is 29.1 Å². The van der Waals surface area contributed by atoms with Crippen LogP contribution in [-0.2, 0) is 20.9 Å². The molecule has 47 heavy (non-hydrogen) atoms. The van der Waals surface area contributed by atoms with E-state index in [1.54, 1.807) is 11.3 Å². The van der Waals surface area contributed by atoms with Crippen molar-refractivity contribution in [3.05, 3.63) is 65.9 Å². The third-order valence-electron chi connectivity index (χ3n) is 9.51. The lowest BCUT2D eigenvalue weighted by Gasteiger charge is -2.26. The topological polar surface area (TPSA) is 116 Å². The highest BCUT2D eigenvalue weighted by molar-refractivity contribution is 7.18. The van der Waals surface area contributed by atoms with Crippen LogP contribution >= 0.6 is 11.3 Å². The molecule has 10 nitrogen and oxygen atoms in total. The smallest absolute Gasteiger partial charge is 0.251 e. The lowest BCUT2D eigenvalue weighted by Crippen LogP contribution is -2.46. The first-order valence-electron chi connectivity index (χ1n) is 16.6. The predicted molar refractivity (Wildman–Crippen MR) is 177 cm³/mol. The van der Waals surface area contributed by atoms with Gasteiger partial charge in [0.15, 0.2) is 0 Å². The summed E-state index contributed by atoms with van der Waals surface area (Å²) in [6.45, 7) is 5.30. The third-order valence-corrected chi connectivity index (χ3v) is 10.6. The third kappa shape index (κ3) is 7.72. The minimum absolute atomic E-state index is 0.0333. The highest BCUT2D eigenvalue weighted by Crippen LogP contribution is 2.34. The average molecular weight is 661 g/mol. The van der Waals surface area contributed by atoms with Crippen LogP contribution in [0.1, 0.15) is 41.6 Å². The number of aromatic nitrogens is 1. The molecule has 4 aliphatic rings. The molecule has 2 aromatic carbocycles. The molecule has 3 amide bonds. The van der Waals surface area contributed by atoms with Crippen LogP contribution in [0.4, 0.5) is 4.39 Å². The van der Waals surface area contributed by atoms with Crippen molar-refractivity contribution in [2.24, 2.45) is 5.92 Å². The summed E-state index contributed by atoms with van der Waals surface area (Å²) >= 11 is 1.62. The van der Waals surface area contributed by atoms with Gasteiger partial charge in [-0.1, -0.05) is 36.4 Å². The first kappa shape index (κ1) is 31.9. The fraction of sp³-hybridized carbons (Fsp3) is 0.486. The number of morpholine rings is 1. The zero-order chi connectivity index (χ0) is 32.3. The molecule has 3 aliphatic heterocycles. The van der Waals surface area contributed by atoms with Crippen molar-refractivity contribution in [2.75, 3.05) is 45.9 Å². The highest BCUT2D eigenvalue weighted by atomic mass is 32.1. The van der Waals surface area contributed by atoms with Crippen LogP contribution in [-0.4, -0.2) is 103 Å². The summed E-state index contributed by atoms with van der Waals surface area (Å²) in [5.41, 5.74) is 3.87. The standard InChI is InChI=1S/C35H41FN6O4S/c36-27-15-30(37-17-27)33(44)40-28-16-29(42(21-28)35(45)26-9-10-26)18-38-32(43)24-7-5-23(6-8-24)31-19-39-34(47-31)25-3-1-22(2-4-25)20-41-11-13-46-14-12-41/h1-8,19,26-30,37H,9-18,20-21H2,(H,38,43)(H,40,44)/t27-,28+,29+,30-/m0/s1. The highest BCUT2D eigenvalue weighted by Gasteiger charge is 2.42. The van der Waals surface area contributed by atoms with Crippen LogP contribution in [0.5, 0.6) is 0 Å². The normalized spacial score (nSPS) is 24.7. The first-order chi connectivity index (χ1) is 22.9. The Labute approximate surface area is 278 Å². The Bertz CT molecular complexity index is 1570. The lowest BCUT2D eigenvalue weighted by atomic mass is 10.1. The Hall–Kier alpha value is -3.71. The van der Waals surface area contributed by atoms with Gasteiger partial charge in [-0.05, 0) is 42.5 Å². The molecule has 1 saturated carbocycles. The molecule has 1 aromatic heterocycles. The summed E-state index contributed by atoms with van der Waals surface area (Å²) in [4.78, 5) is 48.8. The van der Waals surface area contributed by atoms with E-state index in [2.05, 4.69) is 50.1 Å². The molecule has 3 saturated heterocycles. The van der Waals surface area contributed by atoms with E-state index in [1.165, 1.54) is 5.56 Å². The van der Waals surface area contributed by atoms with Gasteiger partial charge >= 0.3 is 0 Å². The number of carbonyl (C=O) groups is 3. The molecular formula is C35H41FN6O4S. The molecule has 4 atom stereocenters. The quantitative estimate of drug-likeness (QED) is 0.306. The first-order valence-corrected chi connectivity index (χ1v) is 17.4. The monoisotopic (exact) mass is 660 g/mol. The van der Waals surface area contributed by atoms with Gasteiger partial charge in [0.25, 0.3) is 5.91 Å². The second-order valence-electron chi connectivity index (χ2n) is 13.1. The molecular weight excluding hydrogens is 619 g/mol. The van der Waals surface area contributed by atoms with Crippen LogP contribution in [0.3, 0.4) is 0 Å². The van der Waals surface area contributed by atoms with Crippen LogP contribution in [0.2, 0.25) is 0 Å². The Kier molecular flexibility index (Phi) is 9.62. The zero-order valence-electron chi connectivity index (χ0n) is 26.3. The van der Waals surface area contributed by atoms with Crippen molar-refractivity contribution in [3.63, 3.8) is 0 Å². The molecule has 0 bridgehead atoms. The Balaban J connectivity index is 0.932. The van der Waals surface area contributed by atoms with Crippen molar-refractivity contribution in [2.45, 2.75) is 56.5 Å². The molecule has 3 N–H and O–H groups in total. The van der Waals surface area contributed by atoms with Crippen molar-refractivity contribution in [3.8, 4) is 21.0 Å². The predicted octanol–water partition coefficient (Wildman–Crippen LogP) is 3.23. The van der Waals surface area contributed by atoms with Crippen molar-refractivity contribution in [1.82, 2.24) is 30.7 Å². The van der Waals surface area contributed by atoms with E-state index in [1.807, 2.05) is 35.4 Å². The maximum atomic E-state index is 13.6. The number of ether oxygens (including phenoxy) is 1. The number of benzene rings is 2. The molecule has 0 spiro atoms. The molecule has 0 radical (unpaired) electrons. The van der Waals surface area contributed by atoms with Crippen LogP contribution in [0.15, 0.2) is 54.7 Å². The number of alkyl halides is 1. The van der Waals surface area contributed by atoms with Gasteiger partial charge in [0.1, 0.15) is 11.2 Å². The molecule has 0 unspecified atom stereocenters. The molecule has 3 aromatic rings. The molecule has 1 aliphatic carbocycles. The summed E-state index contributed by atoms with van der Waals surface area (Å²) in [6.07, 6.45) is 3.31. The SMILES string of the molecule is O=C(NC[C@H]1C[C@@H](NC(=O)[C@@H]2C[C@H](F)CN2)CN1C(=O)C1CC1)c1ccc(-c2cnc(-c3ccc(CN4CCOCC4)cc3)s2)cc1. The maximum Gasteiger partial charge on any atom is 0.251 e. The number of nitrogens with one attached hydrogen (secondary N) is 3. The maximum absolute atomic E-state index is 13.6. The van der Waals surface area contributed by atoms with Crippen molar-refractivity contribution in [1.29, 1.82) is 0 Å². The van der Waals surface area contributed by atoms with Gasteiger partial charge in [-0.25, -0.2) is 9.37 Å². The van der Waals surface area contributed by atoms with E-state index in [4.69, 9.17) is 4.74 Å². The number of nitrogens with zero attached hydrogens (tertiary/aromatic N) is 3. The lowest BCUT2D eigenvalue weighted by molar-refractivity contribution is -0.133. The van der Waals surface area contributed by atoms with Crippen LogP contribution in [0, 0.1) is 5.92 Å². The molecule has 4 fully saturated rings. The van der Waals surface area contributed by atoms with E-state index in [0.29, 0.717) is 25.1 Å². The minimum Gasteiger partial charge on any atom is -0.379 e. The average Bonchev–Trinajstić information content (AvgIpc) is 3.45. The molecule has 7 rings (SSSR count). The van der Waals surface area contributed by atoms with Gasteiger partial charge in [-0.3, -0.25) is 19.3 Å². The molecule has 12 heteroatoms. The summed E-state index contributed by atoms with van der Waals surface area (Å²) in [5.74, 6) is -0.328. The summed E-state index contributed by atoms with van der Waals surface area (Å²) in [5, 5.41) is 9.87. The number of hydrogen-bond acceptors (Lipinski definition) is 8. The summed E-state index contributed by atoms with van der Waals surface area (Å²) < 4.78 is 19.0. The van der Waals surface area contributed by atoms with Gasteiger partial charge in [0, 0.05) is 75.0 Å². The van der Waals surface area contributed by atoms with Gasteiger partial charge < -0.3 is 25.6 Å².